The number of aliphatic hydroxyl groups excluding tert-OH is 1. The summed E-state index contributed by atoms with van der Waals surface area (Å²) in [7, 11) is 0. The summed E-state index contributed by atoms with van der Waals surface area (Å²) in [5.74, 6) is -4.09. The molecule has 0 aliphatic rings. The fraction of sp³-hybridized carbons (Fsp3) is 0.250. The second-order valence-corrected chi connectivity index (χ2v) is 7.86. The first-order valence-corrected chi connectivity index (χ1v) is 10.1. The third-order valence-electron chi connectivity index (χ3n) is 5.42. The molecule has 11 heteroatoms. The summed E-state index contributed by atoms with van der Waals surface area (Å²) >= 11 is 0. The molecule has 0 aliphatic heterocycles. The van der Waals surface area contributed by atoms with Crippen molar-refractivity contribution in [2.24, 2.45) is 0 Å². The summed E-state index contributed by atoms with van der Waals surface area (Å²) in [6.07, 6.45) is -13.5. The van der Waals surface area contributed by atoms with E-state index in [0.29, 0.717) is 29.8 Å². The first-order chi connectivity index (χ1) is 16.2. The minimum absolute atomic E-state index is 0.201. The maximum Gasteiger partial charge on any atom is 0.416 e. The molecule has 3 aromatic rings. The first-order valence-electron chi connectivity index (χ1n) is 10.1. The van der Waals surface area contributed by atoms with Gasteiger partial charge in [-0.05, 0) is 53.4 Å². The minimum Gasteiger partial charge on any atom is -0.382 e. The molecular formula is C24H18F9NO. The molecule has 188 valence electrons. The van der Waals surface area contributed by atoms with Gasteiger partial charge in [0.05, 0.1) is 11.1 Å². The quantitative estimate of drug-likeness (QED) is 0.378. The van der Waals surface area contributed by atoms with E-state index in [9.17, 15) is 44.6 Å². The van der Waals surface area contributed by atoms with Crippen molar-refractivity contribution in [2.75, 3.05) is 6.54 Å². The predicted molar refractivity (Wildman–Crippen MR) is 109 cm³/mol. The van der Waals surface area contributed by atoms with Gasteiger partial charge in [-0.1, -0.05) is 36.4 Å². The van der Waals surface area contributed by atoms with Gasteiger partial charge >= 0.3 is 12.4 Å². The van der Waals surface area contributed by atoms with Crippen LogP contribution in [0.4, 0.5) is 39.5 Å². The number of halogens is 9. The van der Waals surface area contributed by atoms with Crippen molar-refractivity contribution in [3.8, 4) is 0 Å². The Morgan fingerprint density at radius 2 is 1.34 bits per heavy atom. The van der Waals surface area contributed by atoms with E-state index in [0.717, 1.165) is 6.07 Å². The van der Waals surface area contributed by atoms with Gasteiger partial charge in [0, 0.05) is 6.54 Å². The van der Waals surface area contributed by atoms with Gasteiger partial charge < -0.3 is 10.4 Å². The number of alkyl halides is 6. The Balaban J connectivity index is 2.30. The maximum absolute atomic E-state index is 14.4. The van der Waals surface area contributed by atoms with Crippen LogP contribution in [0.15, 0.2) is 66.7 Å². The summed E-state index contributed by atoms with van der Waals surface area (Å²) in [5, 5.41) is 12.0. The number of hydrogen-bond acceptors (Lipinski definition) is 2. The predicted octanol–water partition coefficient (Wildman–Crippen LogP) is 6.12. The van der Waals surface area contributed by atoms with Crippen molar-refractivity contribution >= 4 is 0 Å². The van der Waals surface area contributed by atoms with Crippen molar-refractivity contribution in [3.63, 3.8) is 0 Å². The van der Waals surface area contributed by atoms with Crippen LogP contribution in [0.5, 0.6) is 0 Å². The van der Waals surface area contributed by atoms with Gasteiger partial charge in [-0.25, -0.2) is 13.2 Å². The lowest BCUT2D eigenvalue weighted by molar-refractivity contribution is -0.202. The third kappa shape index (κ3) is 6.15. The molecule has 0 bridgehead atoms. The lowest BCUT2D eigenvalue weighted by Gasteiger charge is -2.38. The van der Waals surface area contributed by atoms with Crippen LogP contribution in [0.3, 0.4) is 0 Å². The number of hydrogen-bond donors (Lipinski definition) is 2. The van der Waals surface area contributed by atoms with Crippen molar-refractivity contribution in [1.29, 1.82) is 0 Å². The molecule has 1 unspecified atom stereocenters. The van der Waals surface area contributed by atoms with Crippen molar-refractivity contribution in [1.82, 2.24) is 5.32 Å². The van der Waals surface area contributed by atoms with Crippen molar-refractivity contribution in [3.05, 3.63) is 106 Å². The highest BCUT2D eigenvalue weighted by Gasteiger charge is 2.43. The van der Waals surface area contributed by atoms with Crippen LogP contribution in [-0.2, 0) is 18.1 Å². The van der Waals surface area contributed by atoms with Crippen LogP contribution in [-0.4, -0.2) is 23.9 Å². The van der Waals surface area contributed by atoms with Gasteiger partial charge in [0.2, 0.25) is 0 Å². The van der Waals surface area contributed by atoms with Gasteiger partial charge in [0.1, 0.15) is 5.82 Å². The third-order valence-corrected chi connectivity index (χ3v) is 5.42. The van der Waals surface area contributed by atoms with Crippen molar-refractivity contribution < 1.29 is 44.6 Å². The Labute approximate surface area is 194 Å². The van der Waals surface area contributed by atoms with Gasteiger partial charge in [0.25, 0.3) is 0 Å². The van der Waals surface area contributed by atoms with Crippen LogP contribution in [0.1, 0.15) is 22.3 Å². The van der Waals surface area contributed by atoms with E-state index in [1.807, 2.05) is 0 Å². The number of rotatable bonds is 7. The van der Waals surface area contributed by atoms with E-state index in [1.165, 1.54) is 12.1 Å². The number of aliphatic hydroxyl groups is 1. The van der Waals surface area contributed by atoms with E-state index in [4.69, 9.17) is 0 Å². The zero-order valence-electron chi connectivity index (χ0n) is 17.7. The average Bonchev–Trinajstić information content (AvgIpc) is 2.77. The summed E-state index contributed by atoms with van der Waals surface area (Å²) < 4.78 is 122. The highest BCUT2D eigenvalue weighted by atomic mass is 19.4. The summed E-state index contributed by atoms with van der Waals surface area (Å²) in [4.78, 5) is 0. The zero-order valence-corrected chi connectivity index (χ0v) is 17.7. The molecule has 3 aromatic carbocycles. The van der Waals surface area contributed by atoms with Gasteiger partial charge in [-0.3, -0.25) is 0 Å². The maximum atomic E-state index is 14.4. The minimum atomic E-state index is -5.10. The molecule has 35 heavy (non-hydrogen) atoms. The molecule has 2 atom stereocenters. The SMILES string of the molecule is OC(CN[C@](Cc1ccccc1)(c1cc(F)cc(C(F)(F)F)c1)c1ccc(F)c(F)c1)C(F)(F)F. The smallest absolute Gasteiger partial charge is 0.382 e. The van der Waals surface area contributed by atoms with Crippen LogP contribution in [0.2, 0.25) is 0 Å². The van der Waals surface area contributed by atoms with Crippen LogP contribution >= 0.6 is 0 Å². The second-order valence-electron chi connectivity index (χ2n) is 7.86. The molecule has 0 amide bonds. The van der Waals surface area contributed by atoms with E-state index in [2.05, 4.69) is 5.32 Å². The summed E-state index contributed by atoms with van der Waals surface area (Å²) in [5.41, 5.74) is -4.00. The molecule has 0 radical (unpaired) electrons. The summed E-state index contributed by atoms with van der Waals surface area (Å²) in [6, 6.07) is 11.3. The monoisotopic (exact) mass is 507 g/mol. The van der Waals surface area contributed by atoms with Crippen LogP contribution < -0.4 is 5.32 Å². The highest BCUT2D eigenvalue weighted by Crippen LogP contribution is 2.39. The summed E-state index contributed by atoms with van der Waals surface area (Å²) in [6.45, 7) is -1.24. The zero-order chi connectivity index (χ0) is 26.0. The molecule has 2 N–H and O–H groups in total. The lowest BCUT2D eigenvalue weighted by Crippen LogP contribution is -2.51. The number of nitrogens with one attached hydrogen (secondary N) is 1. The van der Waals surface area contributed by atoms with Crippen LogP contribution in [0.25, 0.3) is 0 Å². The molecule has 0 fully saturated rings. The van der Waals surface area contributed by atoms with E-state index >= 15 is 0 Å². The Bertz CT molecular complexity index is 1160. The Morgan fingerprint density at radius 3 is 1.91 bits per heavy atom. The normalized spacial score (nSPS) is 15.0. The second kappa shape index (κ2) is 9.90. The molecule has 0 saturated carbocycles. The topological polar surface area (TPSA) is 32.3 Å². The van der Waals surface area contributed by atoms with Gasteiger partial charge in [-0.15, -0.1) is 0 Å². The Hall–Kier alpha value is -3.05. The molecular weight excluding hydrogens is 489 g/mol. The van der Waals surface area contributed by atoms with E-state index in [-0.39, 0.29) is 11.6 Å². The van der Waals surface area contributed by atoms with Crippen molar-refractivity contribution in [2.45, 2.75) is 30.4 Å². The molecule has 0 heterocycles. The highest BCUT2D eigenvalue weighted by molar-refractivity contribution is 5.44. The molecule has 0 aliphatic carbocycles. The Morgan fingerprint density at radius 1 is 0.714 bits per heavy atom. The van der Waals surface area contributed by atoms with E-state index < -0.39 is 65.5 Å². The van der Waals surface area contributed by atoms with E-state index in [1.54, 1.807) is 18.2 Å². The molecule has 0 spiro atoms. The molecule has 0 saturated heterocycles. The first kappa shape index (κ1) is 26.6. The Kier molecular flexibility index (Phi) is 7.51. The lowest BCUT2D eigenvalue weighted by atomic mass is 9.77. The van der Waals surface area contributed by atoms with Gasteiger partial charge in [-0.2, -0.15) is 26.3 Å². The largest absolute Gasteiger partial charge is 0.416 e. The molecule has 3 rings (SSSR count). The van der Waals surface area contributed by atoms with Gasteiger partial charge in [0.15, 0.2) is 17.7 Å². The molecule has 0 aromatic heterocycles. The van der Waals surface area contributed by atoms with Crippen LogP contribution in [0, 0.1) is 17.5 Å². The molecule has 2 nitrogen and oxygen atoms in total. The fourth-order valence-electron chi connectivity index (χ4n) is 3.69. The fourth-order valence-corrected chi connectivity index (χ4v) is 3.69. The standard InChI is InChI=1S/C24H18F9NO/c25-18-9-16(8-17(10-18)23(28,29)30)22(12-14-4-2-1-3-5-14,34-13-21(35)24(31,32)33)15-6-7-19(26)20(27)11-15/h1-11,21,34-35H,12-13H2/t21?,22-/m0/s1. The average molecular weight is 507 g/mol. The number of benzene rings is 3.